The van der Waals surface area contributed by atoms with Gasteiger partial charge in [-0.1, -0.05) is 6.07 Å². The summed E-state index contributed by atoms with van der Waals surface area (Å²) >= 11 is 1.53. The Morgan fingerprint density at radius 1 is 1.56 bits per heavy atom. The molecule has 2 aromatic rings. The summed E-state index contributed by atoms with van der Waals surface area (Å²) in [6, 6.07) is 5.50. The lowest BCUT2D eigenvalue weighted by Crippen LogP contribution is -2.24. The van der Waals surface area contributed by atoms with Crippen LogP contribution in [0, 0.1) is 0 Å². The fourth-order valence-corrected chi connectivity index (χ4v) is 2.32. The van der Waals surface area contributed by atoms with Crippen molar-refractivity contribution < 1.29 is 9.90 Å². The molecule has 0 bridgehead atoms. The van der Waals surface area contributed by atoms with Gasteiger partial charge in [0.2, 0.25) is 0 Å². The van der Waals surface area contributed by atoms with Crippen molar-refractivity contribution in [1.82, 2.24) is 9.78 Å². The highest BCUT2D eigenvalue weighted by atomic mass is 32.1. The first-order valence-electron chi connectivity index (χ1n) is 5.41. The fourth-order valence-electron chi connectivity index (χ4n) is 1.64. The van der Waals surface area contributed by atoms with Gasteiger partial charge in [-0.05, 0) is 23.9 Å². The third kappa shape index (κ3) is 2.65. The molecule has 1 N–H and O–H groups in total. The van der Waals surface area contributed by atoms with E-state index in [-0.39, 0.29) is 18.4 Å². The number of carboxylic acid groups (broad SMARTS) is 1. The SMILES string of the molecule is Cn1nc(-c2cccs2)cc(CCC(=O)O)c1=O. The fraction of sp³-hybridized carbons (Fsp3) is 0.250. The van der Waals surface area contributed by atoms with Gasteiger partial charge in [-0.15, -0.1) is 11.3 Å². The number of nitrogens with zero attached hydrogens (tertiary/aromatic N) is 2. The van der Waals surface area contributed by atoms with Gasteiger partial charge in [-0.2, -0.15) is 5.10 Å². The van der Waals surface area contributed by atoms with Crippen LogP contribution in [0.2, 0.25) is 0 Å². The molecule has 94 valence electrons. The van der Waals surface area contributed by atoms with Crippen LogP contribution >= 0.6 is 11.3 Å². The van der Waals surface area contributed by atoms with E-state index >= 15 is 0 Å². The molecule has 0 aliphatic rings. The van der Waals surface area contributed by atoms with Crippen molar-refractivity contribution in [2.75, 3.05) is 0 Å². The molecule has 18 heavy (non-hydrogen) atoms. The average Bonchev–Trinajstić information content (AvgIpc) is 2.84. The molecule has 0 aliphatic carbocycles. The quantitative estimate of drug-likeness (QED) is 0.909. The van der Waals surface area contributed by atoms with Crippen molar-refractivity contribution in [2.24, 2.45) is 7.05 Å². The molecular formula is C12H12N2O3S. The van der Waals surface area contributed by atoms with Gasteiger partial charge in [-0.25, -0.2) is 4.68 Å². The van der Waals surface area contributed by atoms with E-state index in [1.54, 1.807) is 13.1 Å². The Hall–Kier alpha value is -1.95. The molecule has 0 atom stereocenters. The van der Waals surface area contributed by atoms with Crippen molar-refractivity contribution >= 4 is 17.3 Å². The minimum absolute atomic E-state index is 0.0524. The summed E-state index contributed by atoms with van der Waals surface area (Å²) in [4.78, 5) is 23.3. The zero-order valence-corrected chi connectivity index (χ0v) is 10.6. The number of thiophene rings is 1. The van der Waals surface area contributed by atoms with Crippen LogP contribution in [-0.4, -0.2) is 20.9 Å². The molecule has 0 aromatic carbocycles. The van der Waals surface area contributed by atoms with Crippen LogP contribution < -0.4 is 5.56 Å². The third-order valence-corrected chi connectivity index (χ3v) is 3.41. The van der Waals surface area contributed by atoms with Gasteiger partial charge in [-0.3, -0.25) is 9.59 Å². The van der Waals surface area contributed by atoms with Gasteiger partial charge >= 0.3 is 5.97 Å². The highest BCUT2D eigenvalue weighted by Crippen LogP contribution is 2.22. The predicted octanol–water partition coefficient (Wildman–Crippen LogP) is 1.53. The summed E-state index contributed by atoms with van der Waals surface area (Å²) < 4.78 is 1.26. The standard InChI is InChI=1S/C12H12N2O3S/c1-14-12(17)8(4-5-11(15)16)7-9(13-14)10-3-2-6-18-10/h2-3,6-7H,4-5H2,1H3,(H,15,16). The molecule has 0 saturated heterocycles. The molecule has 0 saturated carbocycles. The van der Waals surface area contributed by atoms with Gasteiger partial charge in [0.15, 0.2) is 0 Å². The van der Waals surface area contributed by atoms with Crippen LogP contribution in [0.4, 0.5) is 0 Å². The Morgan fingerprint density at radius 2 is 2.33 bits per heavy atom. The number of hydrogen-bond donors (Lipinski definition) is 1. The summed E-state index contributed by atoms with van der Waals surface area (Å²) in [6.45, 7) is 0. The summed E-state index contributed by atoms with van der Waals surface area (Å²) in [5, 5.41) is 14.8. The number of rotatable bonds is 4. The number of hydrogen-bond acceptors (Lipinski definition) is 4. The topological polar surface area (TPSA) is 72.2 Å². The van der Waals surface area contributed by atoms with Crippen molar-refractivity contribution in [2.45, 2.75) is 12.8 Å². The third-order valence-electron chi connectivity index (χ3n) is 2.52. The molecule has 0 spiro atoms. The van der Waals surface area contributed by atoms with E-state index in [4.69, 9.17) is 5.11 Å². The Balaban J connectivity index is 2.40. The van der Waals surface area contributed by atoms with Gasteiger partial charge in [0.1, 0.15) is 5.69 Å². The van der Waals surface area contributed by atoms with Crippen LogP contribution in [0.15, 0.2) is 28.4 Å². The van der Waals surface area contributed by atoms with E-state index in [2.05, 4.69) is 5.10 Å². The molecule has 2 rings (SSSR count). The lowest BCUT2D eigenvalue weighted by Gasteiger charge is -2.05. The van der Waals surface area contributed by atoms with Crippen LogP contribution in [0.25, 0.3) is 10.6 Å². The van der Waals surface area contributed by atoms with E-state index in [1.165, 1.54) is 16.0 Å². The monoisotopic (exact) mass is 264 g/mol. The zero-order valence-electron chi connectivity index (χ0n) is 9.79. The van der Waals surface area contributed by atoms with Crippen LogP contribution in [0.5, 0.6) is 0 Å². The summed E-state index contributed by atoms with van der Waals surface area (Å²) in [7, 11) is 1.57. The average molecular weight is 264 g/mol. The van der Waals surface area contributed by atoms with E-state index in [1.807, 2.05) is 17.5 Å². The molecule has 0 fully saturated rings. The van der Waals surface area contributed by atoms with Gasteiger partial charge in [0.25, 0.3) is 5.56 Å². The summed E-state index contributed by atoms with van der Waals surface area (Å²) in [6.07, 6.45) is 0.173. The summed E-state index contributed by atoms with van der Waals surface area (Å²) in [5.74, 6) is -0.911. The number of carbonyl (C=O) groups is 1. The first-order valence-corrected chi connectivity index (χ1v) is 6.29. The molecule has 6 heteroatoms. The van der Waals surface area contributed by atoms with E-state index in [0.29, 0.717) is 11.3 Å². The Morgan fingerprint density at radius 3 is 2.94 bits per heavy atom. The normalized spacial score (nSPS) is 10.5. The van der Waals surface area contributed by atoms with Crippen molar-refractivity contribution in [3.05, 3.63) is 39.5 Å². The highest BCUT2D eigenvalue weighted by molar-refractivity contribution is 7.13. The zero-order chi connectivity index (χ0) is 13.1. The Labute approximate surface area is 107 Å². The maximum Gasteiger partial charge on any atom is 0.303 e. The van der Waals surface area contributed by atoms with Crippen LogP contribution in [-0.2, 0) is 18.3 Å². The molecule has 0 amide bonds. The van der Waals surface area contributed by atoms with E-state index in [9.17, 15) is 9.59 Å². The lowest BCUT2D eigenvalue weighted by atomic mass is 10.1. The van der Waals surface area contributed by atoms with E-state index < -0.39 is 5.97 Å². The van der Waals surface area contributed by atoms with Gasteiger partial charge < -0.3 is 5.11 Å². The smallest absolute Gasteiger partial charge is 0.303 e. The van der Waals surface area contributed by atoms with Crippen LogP contribution in [0.1, 0.15) is 12.0 Å². The van der Waals surface area contributed by atoms with Crippen molar-refractivity contribution in [3.63, 3.8) is 0 Å². The molecule has 5 nitrogen and oxygen atoms in total. The second-order valence-corrected chi connectivity index (χ2v) is 4.80. The molecule has 2 heterocycles. The van der Waals surface area contributed by atoms with E-state index in [0.717, 1.165) is 4.88 Å². The number of aromatic nitrogens is 2. The molecule has 0 radical (unpaired) electrons. The maximum atomic E-state index is 11.8. The number of aryl methyl sites for hydroxylation is 2. The summed E-state index contributed by atoms with van der Waals surface area (Å²) in [5.41, 5.74) is 0.947. The highest BCUT2D eigenvalue weighted by Gasteiger charge is 2.10. The maximum absolute atomic E-state index is 11.8. The van der Waals surface area contributed by atoms with Gasteiger partial charge in [0, 0.05) is 19.0 Å². The second kappa shape index (κ2) is 5.14. The number of aliphatic carboxylic acids is 1. The molecular weight excluding hydrogens is 252 g/mol. The molecule has 0 unspecified atom stereocenters. The number of carboxylic acids is 1. The largest absolute Gasteiger partial charge is 0.481 e. The predicted molar refractivity (Wildman–Crippen MR) is 68.7 cm³/mol. The molecule has 2 aromatic heterocycles. The van der Waals surface area contributed by atoms with Crippen molar-refractivity contribution in [3.8, 4) is 10.6 Å². The van der Waals surface area contributed by atoms with Gasteiger partial charge in [0.05, 0.1) is 4.88 Å². The minimum atomic E-state index is -0.911. The second-order valence-electron chi connectivity index (χ2n) is 3.85. The first-order chi connectivity index (χ1) is 8.58. The molecule has 0 aliphatic heterocycles. The lowest BCUT2D eigenvalue weighted by molar-refractivity contribution is -0.136. The first kappa shape index (κ1) is 12.5. The Kier molecular flexibility index (Phi) is 3.57. The van der Waals surface area contributed by atoms with Crippen LogP contribution in [0.3, 0.4) is 0 Å². The Bertz CT molecular complexity index is 617. The minimum Gasteiger partial charge on any atom is -0.481 e. The van der Waals surface area contributed by atoms with Crippen molar-refractivity contribution in [1.29, 1.82) is 0 Å².